The van der Waals surface area contributed by atoms with E-state index in [0.29, 0.717) is 12.8 Å². The number of nitrogens with one attached hydrogen (secondary N) is 1. The molecule has 0 saturated heterocycles. The first-order valence-electron chi connectivity index (χ1n) is 7.67. The minimum atomic E-state index is 0.0611. The lowest BCUT2D eigenvalue weighted by molar-refractivity contribution is -0.116. The van der Waals surface area contributed by atoms with Crippen LogP contribution in [0.4, 0.5) is 5.69 Å². The summed E-state index contributed by atoms with van der Waals surface area (Å²) in [5.74, 6) is 5.95. The Labute approximate surface area is 127 Å². The molecule has 21 heavy (non-hydrogen) atoms. The quantitative estimate of drug-likeness (QED) is 0.594. The molecule has 0 spiro atoms. The van der Waals surface area contributed by atoms with Gasteiger partial charge < -0.3 is 10.4 Å². The number of amides is 1. The molecule has 0 heterocycles. The molecule has 0 saturated carbocycles. The van der Waals surface area contributed by atoms with Gasteiger partial charge in [0.05, 0.1) is 6.61 Å². The van der Waals surface area contributed by atoms with Crippen LogP contribution >= 0.6 is 0 Å². The van der Waals surface area contributed by atoms with E-state index in [-0.39, 0.29) is 12.5 Å². The van der Waals surface area contributed by atoms with Gasteiger partial charge in [-0.3, -0.25) is 4.79 Å². The fourth-order valence-electron chi connectivity index (χ4n) is 2.08. The number of carbonyl (C=O) groups excluding carboxylic acids is 1. The zero-order valence-electron chi connectivity index (χ0n) is 13.0. The molecule has 0 aliphatic rings. The van der Waals surface area contributed by atoms with Gasteiger partial charge in [0.25, 0.3) is 0 Å². The highest BCUT2D eigenvalue weighted by Crippen LogP contribution is 2.15. The molecule has 0 aliphatic heterocycles. The molecule has 1 aromatic rings. The topological polar surface area (TPSA) is 49.3 Å². The summed E-state index contributed by atoms with van der Waals surface area (Å²) < 4.78 is 0. The fourth-order valence-corrected chi connectivity index (χ4v) is 2.08. The number of carbonyl (C=O) groups is 1. The summed E-state index contributed by atoms with van der Waals surface area (Å²) in [5, 5.41) is 11.7. The number of anilines is 1. The highest BCUT2D eigenvalue weighted by Gasteiger charge is 2.03. The van der Waals surface area contributed by atoms with E-state index in [4.69, 9.17) is 5.11 Å². The molecule has 2 N–H and O–H groups in total. The number of benzene rings is 1. The monoisotopic (exact) mass is 287 g/mol. The molecule has 0 radical (unpaired) electrons. The minimum absolute atomic E-state index is 0.0611. The van der Waals surface area contributed by atoms with Gasteiger partial charge in [-0.1, -0.05) is 38.0 Å². The van der Waals surface area contributed by atoms with Crippen molar-refractivity contribution in [2.45, 2.75) is 52.4 Å². The van der Waals surface area contributed by atoms with Gasteiger partial charge >= 0.3 is 0 Å². The molecule has 3 nitrogen and oxygen atoms in total. The molecule has 0 bridgehead atoms. The maximum absolute atomic E-state index is 11.9. The van der Waals surface area contributed by atoms with Crippen LogP contribution in [0.15, 0.2) is 18.2 Å². The minimum Gasteiger partial charge on any atom is -0.395 e. The van der Waals surface area contributed by atoms with Gasteiger partial charge in [-0.2, -0.15) is 0 Å². The Morgan fingerprint density at radius 3 is 2.76 bits per heavy atom. The van der Waals surface area contributed by atoms with Crippen LogP contribution in [0.3, 0.4) is 0 Å². The molecule has 0 aliphatic carbocycles. The van der Waals surface area contributed by atoms with Crippen molar-refractivity contribution in [2.24, 2.45) is 0 Å². The van der Waals surface area contributed by atoms with E-state index in [0.717, 1.165) is 29.7 Å². The van der Waals surface area contributed by atoms with E-state index >= 15 is 0 Å². The summed E-state index contributed by atoms with van der Waals surface area (Å²) in [4.78, 5) is 11.9. The SMILES string of the molecule is CCCCCCC(=O)Nc1cc(C)cc(C#CCCO)c1. The van der Waals surface area contributed by atoms with Crippen molar-refractivity contribution in [3.05, 3.63) is 29.3 Å². The summed E-state index contributed by atoms with van der Waals surface area (Å²) >= 11 is 0. The van der Waals surface area contributed by atoms with Gasteiger partial charge in [0.15, 0.2) is 0 Å². The Morgan fingerprint density at radius 1 is 1.24 bits per heavy atom. The maximum Gasteiger partial charge on any atom is 0.224 e. The number of hydrogen-bond acceptors (Lipinski definition) is 2. The molecule has 1 rings (SSSR count). The van der Waals surface area contributed by atoms with Crippen LogP contribution in [-0.2, 0) is 4.79 Å². The first-order chi connectivity index (χ1) is 10.2. The third-order valence-corrected chi connectivity index (χ3v) is 3.09. The van der Waals surface area contributed by atoms with Crippen LogP contribution in [0.5, 0.6) is 0 Å². The van der Waals surface area contributed by atoms with E-state index in [1.165, 1.54) is 12.8 Å². The number of aryl methyl sites for hydroxylation is 1. The normalized spacial score (nSPS) is 9.86. The van der Waals surface area contributed by atoms with Crippen LogP contribution in [0.25, 0.3) is 0 Å². The Morgan fingerprint density at radius 2 is 2.05 bits per heavy atom. The van der Waals surface area contributed by atoms with E-state index in [1.807, 2.05) is 25.1 Å². The first-order valence-corrected chi connectivity index (χ1v) is 7.67. The molecule has 1 aromatic carbocycles. The Bertz CT molecular complexity index is 512. The molecular weight excluding hydrogens is 262 g/mol. The highest BCUT2D eigenvalue weighted by molar-refractivity contribution is 5.90. The number of unbranched alkanes of at least 4 members (excludes halogenated alkanes) is 3. The lowest BCUT2D eigenvalue weighted by atomic mass is 10.1. The van der Waals surface area contributed by atoms with Gasteiger partial charge in [0.2, 0.25) is 5.91 Å². The number of aliphatic hydroxyl groups is 1. The van der Waals surface area contributed by atoms with Crippen molar-refractivity contribution in [1.82, 2.24) is 0 Å². The highest BCUT2D eigenvalue weighted by atomic mass is 16.2. The van der Waals surface area contributed by atoms with Crippen LogP contribution < -0.4 is 5.32 Å². The molecule has 0 unspecified atom stereocenters. The third-order valence-electron chi connectivity index (χ3n) is 3.09. The second-order valence-corrected chi connectivity index (χ2v) is 5.22. The van der Waals surface area contributed by atoms with Crippen molar-refractivity contribution in [2.75, 3.05) is 11.9 Å². The zero-order chi connectivity index (χ0) is 15.5. The number of hydrogen-bond donors (Lipinski definition) is 2. The van der Waals surface area contributed by atoms with Crippen molar-refractivity contribution in [1.29, 1.82) is 0 Å². The van der Waals surface area contributed by atoms with E-state index in [2.05, 4.69) is 24.1 Å². The summed E-state index contributed by atoms with van der Waals surface area (Å²) in [7, 11) is 0. The van der Waals surface area contributed by atoms with Crippen LogP contribution in [0.1, 0.15) is 56.6 Å². The molecule has 0 fully saturated rings. The summed E-state index contributed by atoms with van der Waals surface area (Å²) in [6.07, 6.45) is 5.44. The summed E-state index contributed by atoms with van der Waals surface area (Å²) in [6, 6.07) is 5.80. The standard InChI is InChI=1S/C18H25NO2/c1-3-4-5-6-10-18(21)19-17-13-15(2)12-16(14-17)9-7-8-11-20/h12-14,20H,3-6,8,10-11H2,1-2H3,(H,19,21). The molecular formula is C18H25NO2. The number of aliphatic hydroxyl groups excluding tert-OH is 1. The van der Waals surface area contributed by atoms with Crippen LogP contribution in [0.2, 0.25) is 0 Å². The van der Waals surface area contributed by atoms with Gasteiger partial charge in [-0.25, -0.2) is 0 Å². The molecule has 114 valence electrons. The lowest BCUT2D eigenvalue weighted by Gasteiger charge is -2.07. The predicted molar refractivity (Wildman–Crippen MR) is 87.1 cm³/mol. The second kappa shape index (κ2) is 10.0. The van der Waals surface area contributed by atoms with Gasteiger partial charge in [-0.15, -0.1) is 0 Å². The lowest BCUT2D eigenvalue weighted by Crippen LogP contribution is -2.11. The van der Waals surface area contributed by atoms with E-state index in [1.54, 1.807) is 0 Å². The smallest absolute Gasteiger partial charge is 0.224 e. The summed E-state index contributed by atoms with van der Waals surface area (Å²) in [6.45, 7) is 4.21. The van der Waals surface area contributed by atoms with Gasteiger partial charge in [0, 0.05) is 24.1 Å². The zero-order valence-corrected chi connectivity index (χ0v) is 13.0. The second-order valence-electron chi connectivity index (χ2n) is 5.22. The van der Waals surface area contributed by atoms with Crippen molar-refractivity contribution in [3.63, 3.8) is 0 Å². The Hall–Kier alpha value is -1.79. The van der Waals surface area contributed by atoms with E-state index < -0.39 is 0 Å². The molecule has 0 aromatic heterocycles. The predicted octanol–water partition coefficient (Wildman–Crippen LogP) is 3.64. The van der Waals surface area contributed by atoms with E-state index in [9.17, 15) is 4.79 Å². The van der Waals surface area contributed by atoms with Gasteiger partial charge in [0.1, 0.15) is 0 Å². The first kappa shape index (κ1) is 17.3. The number of rotatable bonds is 7. The third kappa shape index (κ3) is 7.53. The van der Waals surface area contributed by atoms with Crippen molar-refractivity contribution in [3.8, 4) is 11.8 Å². The van der Waals surface area contributed by atoms with Crippen molar-refractivity contribution < 1.29 is 9.90 Å². The molecule has 3 heteroatoms. The van der Waals surface area contributed by atoms with Crippen LogP contribution in [-0.4, -0.2) is 17.6 Å². The Kier molecular flexibility index (Phi) is 8.23. The van der Waals surface area contributed by atoms with Gasteiger partial charge in [-0.05, 0) is 37.1 Å². The molecule has 0 atom stereocenters. The largest absolute Gasteiger partial charge is 0.395 e. The summed E-state index contributed by atoms with van der Waals surface area (Å²) in [5.41, 5.74) is 2.72. The maximum atomic E-state index is 11.9. The average molecular weight is 287 g/mol. The molecule has 1 amide bonds. The van der Waals surface area contributed by atoms with Crippen LogP contribution in [0, 0.1) is 18.8 Å². The average Bonchev–Trinajstić information content (AvgIpc) is 2.43. The Balaban J connectivity index is 2.58. The fraction of sp³-hybridized carbons (Fsp3) is 0.500. The van der Waals surface area contributed by atoms with Crippen molar-refractivity contribution >= 4 is 11.6 Å².